The Hall–Kier alpha value is -0.330. The molecule has 0 aliphatic carbocycles. The standard InChI is InChI=1S/C12H23O/c1-4-7-8-9-12(5-2,6-3)10-11-13/h4-10H2,1-3H3. The van der Waals surface area contributed by atoms with Crippen LogP contribution in [-0.4, -0.2) is 6.29 Å². The third kappa shape index (κ3) is 4.44. The molecule has 77 valence electrons. The van der Waals surface area contributed by atoms with Gasteiger partial charge in [-0.1, -0.05) is 52.9 Å². The van der Waals surface area contributed by atoms with Crippen LogP contribution in [0.1, 0.15) is 65.7 Å². The molecule has 0 atom stereocenters. The Labute approximate surface area is 82.9 Å². The van der Waals surface area contributed by atoms with Crippen molar-refractivity contribution < 1.29 is 4.79 Å². The molecule has 1 radical (unpaired) electrons. The number of carbonyl (C=O) groups excluding carboxylic acids is 1. The molecule has 0 unspecified atom stereocenters. The predicted octanol–water partition coefficient (Wildman–Crippen LogP) is 3.87. The van der Waals surface area contributed by atoms with Crippen LogP contribution in [0.3, 0.4) is 0 Å². The number of unbranched alkanes of at least 4 members (excludes halogenated alkanes) is 2. The Morgan fingerprint density at radius 1 is 1.08 bits per heavy atom. The molecule has 0 spiro atoms. The monoisotopic (exact) mass is 183 g/mol. The van der Waals surface area contributed by atoms with Crippen molar-refractivity contribution in [2.75, 3.05) is 0 Å². The van der Waals surface area contributed by atoms with Crippen LogP contribution < -0.4 is 0 Å². The van der Waals surface area contributed by atoms with Crippen LogP contribution in [0.15, 0.2) is 0 Å². The lowest BCUT2D eigenvalue weighted by Crippen LogP contribution is -2.19. The van der Waals surface area contributed by atoms with Crippen molar-refractivity contribution in [2.24, 2.45) is 5.41 Å². The fraction of sp³-hybridized carbons (Fsp3) is 0.917. The first-order valence-electron chi connectivity index (χ1n) is 5.59. The molecule has 0 rings (SSSR count). The summed E-state index contributed by atoms with van der Waals surface area (Å²) in [6.45, 7) is 6.59. The normalized spacial score (nSPS) is 11.6. The van der Waals surface area contributed by atoms with Crippen molar-refractivity contribution in [1.82, 2.24) is 0 Å². The number of rotatable bonds is 8. The van der Waals surface area contributed by atoms with Crippen LogP contribution in [0.4, 0.5) is 0 Å². The van der Waals surface area contributed by atoms with Gasteiger partial charge in [-0.2, -0.15) is 0 Å². The second kappa shape index (κ2) is 7.11. The second-order valence-corrected chi connectivity index (χ2v) is 3.99. The molecular weight excluding hydrogens is 160 g/mol. The van der Waals surface area contributed by atoms with E-state index in [4.69, 9.17) is 0 Å². The SMILES string of the molecule is CCCCCC(CC)(CC)C[C]=O. The van der Waals surface area contributed by atoms with Gasteiger partial charge in [0.2, 0.25) is 0 Å². The summed E-state index contributed by atoms with van der Waals surface area (Å²) in [4.78, 5) is 10.4. The third-order valence-electron chi connectivity index (χ3n) is 3.26. The van der Waals surface area contributed by atoms with Crippen LogP contribution in [-0.2, 0) is 4.79 Å². The smallest absolute Gasteiger partial charge is 0.198 e. The van der Waals surface area contributed by atoms with E-state index >= 15 is 0 Å². The lowest BCUT2D eigenvalue weighted by atomic mass is 9.75. The average molecular weight is 183 g/mol. The van der Waals surface area contributed by atoms with Gasteiger partial charge in [-0.15, -0.1) is 0 Å². The number of hydrogen-bond donors (Lipinski definition) is 0. The van der Waals surface area contributed by atoms with Crippen LogP contribution in [0.5, 0.6) is 0 Å². The Morgan fingerprint density at radius 3 is 2.08 bits per heavy atom. The zero-order valence-electron chi connectivity index (χ0n) is 9.36. The first-order chi connectivity index (χ1) is 6.24. The van der Waals surface area contributed by atoms with Gasteiger partial charge < -0.3 is 0 Å². The van der Waals surface area contributed by atoms with E-state index in [1.165, 1.54) is 25.7 Å². The summed E-state index contributed by atoms with van der Waals surface area (Å²) in [5.41, 5.74) is 0.261. The first-order valence-corrected chi connectivity index (χ1v) is 5.59. The zero-order chi connectivity index (χ0) is 10.2. The fourth-order valence-electron chi connectivity index (χ4n) is 1.85. The van der Waals surface area contributed by atoms with Gasteiger partial charge in [0.1, 0.15) is 0 Å². The van der Waals surface area contributed by atoms with Gasteiger partial charge in [-0.25, -0.2) is 0 Å². The molecule has 13 heavy (non-hydrogen) atoms. The van der Waals surface area contributed by atoms with Crippen molar-refractivity contribution in [3.05, 3.63) is 0 Å². The largest absolute Gasteiger partial charge is 0.291 e. The van der Waals surface area contributed by atoms with Crippen molar-refractivity contribution in [1.29, 1.82) is 0 Å². The third-order valence-corrected chi connectivity index (χ3v) is 3.26. The molecule has 1 heteroatoms. The summed E-state index contributed by atoms with van der Waals surface area (Å²) in [6.07, 6.45) is 9.95. The quantitative estimate of drug-likeness (QED) is 0.522. The van der Waals surface area contributed by atoms with Crippen LogP contribution in [0, 0.1) is 5.41 Å². The van der Waals surface area contributed by atoms with Crippen molar-refractivity contribution in [3.8, 4) is 0 Å². The van der Waals surface area contributed by atoms with E-state index in [1.54, 1.807) is 0 Å². The number of hydrogen-bond acceptors (Lipinski definition) is 1. The molecule has 0 aliphatic heterocycles. The van der Waals surface area contributed by atoms with Crippen molar-refractivity contribution >= 4 is 6.29 Å². The maximum atomic E-state index is 10.4. The molecule has 0 fully saturated rings. The fourth-order valence-corrected chi connectivity index (χ4v) is 1.85. The topological polar surface area (TPSA) is 17.1 Å². The van der Waals surface area contributed by atoms with Crippen LogP contribution in [0.2, 0.25) is 0 Å². The summed E-state index contributed by atoms with van der Waals surface area (Å²) >= 11 is 0. The maximum absolute atomic E-state index is 10.4. The molecule has 0 saturated carbocycles. The van der Waals surface area contributed by atoms with Gasteiger partial charge >= 0.3 is 0 Å². The Balaban J connectivity index is 3.96. The Bertz CT molecular complexity index is 125. The minimum atomic E-state index is 0.261. The summed E-state index contributed by atoms with van der Waals surface area (Å²) in [5.74, 6) is 0. The van der Waals surface area contributed by atoms with Crippen molar-refractivity contribution in [3.63, 3.8) is 0 Å². The molecular formula is C12H23O. The molecule has 0 N–H and O–H groups in total. The Kier molecular flexibility index (Phi) is 6.93. The first kappa shape index (κ1) is 12.7. The molecule has 1 nitrogen and oxygen atoms in total. The molecule has 0 amide bonds. The van der Waals surface area contributed by atoms with E-state index < -0.39 is 0 Å². The van der Waals surface area contributed by atoms with Crippen LogP contribution in [0.25, 0.3) is 0 Å². The molecule has 0 aromatic carbocycles. The minimum Gasteiger partial charge on any atom is -0.291 e. The highest BCUT2D eigenvalue weighted by Crippen LogP contribution is 2.35. The summed E-state index contributed by atoms with van der Waals surface area (Å²) in [5, 5.41) is 0. The predicted molar refractivity (Wildman–Crippen MR) is 57.5 cm³/mol. The molecule has 0 bridgehead atoms. The molecule has 0 aromatic rings. The summed E-state index contributed by atoms with van der Waals surface area (Å²) in [7, 11) is 0. The van der Waals surface area contributed by atoms with E-state index in [0.717, 1.165) is 12.8 Å². The molecule has 0 saturated heterocycles. The van der Waals surface area contributed by atoms with E-state index in [1.807, 2.05) is 0 Å². The van der Waals surface area contributed by atoms with Gasteiger partial charge in [0.15, 0.2) is 6.29 Å². The van der Waals surface area contributed by atoms with Gasteiger partial charge in [0.05, 0.1) is 0 Å². The van der Waals surface area contributed by atoms with Crippen LogP contribution >= 0.6 is 0 Å². The van der Waals surface area contributed by atoms with Crippen molar-refractivity contribution in [2.45, 2.75) is 65.7 Å². The van der Waals surface area contributed by atoms with Gasteiger partial charge in [0, 0.05) is 6.42 Å². The highest BCUT2D eigenvalue weighted by atomic mass is 16.1. The highest BCUT2D eigenvalue weighted by Gasteiger charge is 2.24. The Morgan fingerprint density at radius 2 is 1.69 bits per heavy atom. The lowest BCUT2D eigenvalue weighted by Gasteiger charge is -2.29. The van der Waals surface area contributed by atoms with E-state index in [9.17, 15) is 4.79 Å². The zero-order valence-corrected chi connectivity index (χ0v) is 9.36. The van der Waals surface area contributed by atoms with Gasteiger partial charge in [0.25, 0.3) is 0 Å². The average Bonchev–Trinajstić information content (AvgIpc) is 2.17. The summed E-state index contributed by atoms with van der Waals surface area (Å²) in [6, 6.07) is 0. The second-order valence-electron chi connectivity index (χ2n) is 3.99. The van der Waals surface area contributed by atoms with E-state index in [2.05, 4.69) is 27.1 Å². The molecule has 0 aromatic heterocycles. The summed E-state index contributed by atoms with van der Waals surface area (Å²) < 4.78 is 0. The minimum absolute atomic E-state index is 0.261. The molecule has 0 heterocycles. The van der Waals surface area contributed by atoms with Gasteiger partial charge in [-0.3, -0.25) is 4.79 Å². The van der Waals surface area contributed by atoms with E-state index in [0.29, 0.717) is 6.42 Å². The highest BCUT2D eigenvalue weighted by molar-refractivity contribution is 5.51. The maximum Gasteiger partial charge on any atom is 0.198 e. The van der Waals surface area contributed by atoms with Gasteiger partial charge in [-0.05, 0) is 11.8 Å². The molecule has 0 aliphatic rings. The van der Waals surface area contributed by atoms with E-state index in [-0.39, 0.29) is 5.41 Å². The lowest BCUT2D eigenvalue weighted by molar-refractivity contribution is 0.238.